The average Bonchev–Trinajstić information content (AvgIpc) is 3.50. The molecule has 2 aliphatic rings. The van der Waals surface area contributed by atoms with Gasteiger partial charge in [0.2, 0.25) is 0 Å². The average molecular weight is 639 g/mol. The lowest BCUT2D eigenvalue weighted by Gasteiger charge is -2.42. The smallest absolute Gasteiger partial charge is 0.297 e. The largest absolute Gasteiger partial charge is 0.543 e. The molecule has 2 fully saturated rings. The topological polar surface area (TPSA) is 80.3 Å². The first-order valence-electron chi connectivity index (χ1n) is 15.9. The molecule has 6 rings (SSSR count). The van der Waals surface area contributed by atoms with E-state index in [1.165, 1.54) is 18.3 Å². The highest BCUT2D eigenvalue weighted by atomic mass is 28.4. The highest BCUT2D eigenvalue weighted by Crippen LogP contribution is 2.45. The van der Waals surface area contributed by atoms with Gasteiger partial charge in [-0.05, 0) is 71.0 Å². The van der Waals surface area contributed by atoms with Crippen molar-refractivity contribution >= 4 is 30.0 Å². The molecule has 45 heavy (non-hydrogen) atoms. The summed E-state index contributed by atoms with van der Waals surface area (Å²) in [7, 11) is -2.39. The Kier molecular flexibility index (Phi) is 8.22. The Hall–Kier alpha value is -3.44. The third kappa shape index (κ3) is 5.41. The summed E-state index contributed by atoms with van der Waals surface area (Å²) in [5.41, 5.74) is -0.111. The minimum absolute atomic E-state index is 0.0392. The molecule has 4 aromatic rings. The number of pyridine rings is 1. The van der Waals surface area contributed by atoms with Crippen LogP contribution in [0.15, 0.2) is 41.3 Å². The maximum atomic E-state index is 16.5. The monoisotopic (exact) mass is 638 g/mol. The van der Waals surface area contributed by atoms with Crippen molar-refractivity contribution in [2.45, 2.75) is 89.1 Å². The van der Waals surface area contributed by atoms with E-state index in [1.807, 2.05) is 6.07 Å². The number of hydrogen-bond acceptors (Lipinski definition) is 6. The molecule has 2 aliphatic heterocycles. The van der Waals surface area contributed by atoms with Crippen molar-refractivity contribution in [1.29, 1.82) is 0 Å². The number of ether oxygens (including phenoxy) is 1. The van der Waals surface area contributed by atoms with Gasteiger partial charge < -0.3 is 9.16 Å². The zero-order valence-corrected chi connectivity index (χ0v) is 27.7. The van der Waals surface area contributed by atoms with Crippen molar-refractivity contribution in [3.63, 3.8) is 0 Å². The molecule has 2 saturated heterocycles. The minimum atomic E-state index is -2.39. The second kappa shape index (κ2) is 11.7. The van der Waals surface area contributed by atoms with Crippen LogP contribution in [0.25, 0.3) is 32.9 Å². The Morgan fingerprint density at radius 1 is 1.07 bits per heavy atom. The summed E-state index contributed by atoms with van der Waals surface area (Å²) in [4.78, 5) is 26.4. The predicted octanol–water partition coefficient (Wildman–Crippen LogP) is 7.93. The van der Waals surface area contributed by atoms with E-state index in [1.54, 1.807) is 12.1 Å². The third-order valence-corrected chi connectivity index (χ3v) is 16.1. The van der Waals surface area contributed by atoms with Crippen LogP contribution >= 0.6 is 0 Å². The molecule has 2 aromatic carbocycles. The molecule has 1 N–H and O–H groups in total. The lowest BCUT2D eigenvalue weighted by molar-refractivity contribution is 0.107. The Labute approximate surface area is 262 Å². The summed E-state index contributed by atoms with van der Waals surface area (Å²) in [6.45, 7) is 14.4. The van der Waals surface area contributed by atoms with E-state index in [0.717, 1.165) is 19.4 Å². The molecule has 4 heterocycles. The molecule has 2 aromatic heterocycles. The van der Waals surface area contributed by atoms with E-state index in [2.05, 4.69) is 61.4 Å². The second-order valence-corrected chi connectivity index (χ2v) is 19.0. The normalized spacial score (nSPS) is 20.7. The lowest BCUT2D eigenvalue weighted by Crippen LogP contribution is -2.50. The molecule has 0 aliphatic carbocycles. The number of alkyl halides is 1. The quantitative estimate of drug-likeness (QED) is 0.188. The van der Waals surface area contributed by atoms with Gasteiger partial charge in [0.15, 0.2) is 5.82 Å². The number of nitrogens with zero attached hydrogens (tertiary/aromatic N) is 3. The molecule has 2 atom stereocenters. The molecule has 0 saturated carbocycles. The predicted molar refractivity (Wildman–Crippen MR) is 173 cm³/mol. The number of hydrogen-bond donors (Lipinski definition) is 1. The van der Waals surface area contributed by atoms with Gasteiger partial charge in [0.1, 0.15) is 35.6 Å². The molecule has 0 unspecified atom stereocenters. The van der Waals surface area contributed by atoms with Crippen LogP contribution in [-0.2, 0) is 0 Å². The number of fused-ring (bicyclic) bond motifs is 3. The minimum Gasteiger partial charge on any atom is -0.543 e. The molecular weight excluding hydrogens is 597 g/mol. The van der Waals surface area contributed by atoms with Crippen LogP contribution in [0, 0.1) is 11.6 Å². The summed E-state index contributed by atoms with van der Waals surface area (Å²) in [6, 6.07) is 7.82. The highest BCUT2D eigenvalue weighted by molar-refractivity contribution is 6.78. The van der Waals surface area contributed by atoms with Crippen LogP contribution in [0.1, 0.15) is 60.8 Å². The molecular formula is C34H41F3N4O3Si. The first kappa shape index (κ1) is 31.5. The van der Waals surface area contributed by atoms with Gasteiger partial charge in [-0.15, -0.1) is 0 Å². The van der Waals surface area contributed by atoms with Gasteiger partial charge in [-0.3, -0.25) is 19.7 Å². The first-order chi connectivity index (χ1) is 21.3. The van der Waals surface area contributed by atoms with E-state index < -0.39 is 37.2 Å². The van der Waals surface area contributed by atoms with Crippen molar-refractivity contribution in [2.75, 3.05) is 19.7 Å². The Bertz CT molecular complexity index is 1790. The summed E-state index contributed by atoms with van der Waals surface area (Å²) in [6.07, 6.45) is 2.42. The van der Waals surface area contributed by atoms with Crippen molar-refractivity contribution in [3.8, 4) is 23.0 Å². The molecule has 0 bridgehead atoms. The molecule has 0 radical (unpaired) electrons. The van der Waals surface area contributed by atoms with Gasteiger partial charge >= 0.3 is 0 Å². The van der Waals surface area contributed by atoms with Crippen LogP contribution in [0.2, 0.25) is 16.6 Å². The standard InChI is InChI=1S/C34H41F3N4O3Si/c1-19(2)45(20(3)4,21(5)6)44-25-12-22-8-9-23(35)13-26(22)27(14-25)30-29(37)31-28(16-38-30)32(42)40-33(39-31)43-18-34-10-7-11-41(34)17-24(36)15-34/h8-9,12-14,16,19-21,24H,7,10-11,15,17-18H2,1-6H3,(H,39,40,42)/t24-,34+/m1/s1. The van der Waals surface area contributed by atoms with Gasteiger partial charge in [-0.25, -0.2) is 13.2 Å². The maximum absolute atomic E-state index is 16.5. The van der Waals surface area contributed by atoms with Crippen LogP contribution < -0.4 is 14.7 Å². The zero-order valence-electron chi connectivity index (χ0n) is 26.7. The third-order valence-electron chi connectivity index (χ3n) is 10.1. The van der Waals surface area contributed by atoms with E-state index in [0.29, 0.717) is 51.7 Å². The fourth-order valence-corrected chi connectivity index (χ4v) is 13.3. The number of aromatic nitrogens is 3. The molecule has 11 heteroatoms. The first-order valence-corrected chi connectivity index (χ1v) is 18.0. The van der Waals surface area contributed by atoms with Crippen LogP contribution in [0.5, 0.6) is 11.8 Å². The SMILES string of the molecule is CC(C)[Si](Oc1cc(-c2ncc3c(=O)[nH]c(OC[C@@]45CCCN4C[C@H](F)C5)nc3c2F)c2cc(F)ccc2c1)(C(C)C)C(C)C. The highest BCUT2D eigenvalue weighted by Gasteiger charge is 2.49. The number of benzene rings is 2. The molecule has 0 amide bonds. The Morgan fingerprint density at radius 2 is 1.80 bits per heavy atom. The van der Waals surface area contributed by atoms with E-state index in [4.69, 9.17) is 9.16 Å². The van der Waals surface area contributed by atoms with Gasteiger partial charge in [0.05, 0.1) is 10.9 Å². The van der Waals surface area contributed by atoms with Crippen molar-refractivity contribution < 1.29 is 22.3 Å². The van der Waals surface area contributed by atoms with Crippen LogP contribution in [0.3, 0.4) is 0 Å². The van der Waals surface area contributed by atoms with E-state index in [-0.39, 0.29) is 29.2 Å². The van der Waals surface area contributed by atoms with Gasteiger partial charge in [-0.1, -0.05) is 47.6 Å². The number of halogens is 3. The van der Waals surface area contributed by atoms with Gasteiger partial charge in [0, 0.05) is 24.7 Å². The summed E-state index contributed by atoms with van der Waals surface area (Å²) in [5.74, 6) is -0.724. The molecule has 240 valence electrons. The molecule has 7 nitrogen and oxygen atoms in total. The second-order valence-electron chi connectivity index (χ2n) is 13.7. The van der Waals surface area contributed by atoms with Crippen molar-refractivity contribution in [2.24, 2.45) is 0 Å². The zero-order chi connectivity index (χ0) is 32.3. The summed E-state index contributed by atoms with van der Waals surface area (Å²) < 4.78 is 58.2. The number of nitrogens with one attached hydrogen (secondary N) is 1. The van der Waals surface area contributed by atoms with E-state index in [9.17, 15) is 13.6 Å². The Balaban J connectivity index is 1.45. The fraction of sp³-hybridized carbons (Fsp3) is 0.500. The number of aromatic amines is 1. The fourth-order valence-electron chi connectivity index (χ4n) is 8.07. The van der Waals surface area contributed by atoms with Gasteiger partial charge in [-0.2, -0.15) is 4.98 Å². The van der Waals surface area contributed by atoms with Crippen molar-refractivity contribution in [3.05, 3.63) is 58.5 Å². The van der Waals surface area contributed by atoms with Gasteiger partial charge in [0.25, 0.3) is 19.9 Å². The number of H-pyrrole nitrogens is 1. The van der Waals surface area contributed by atoms with Crippen LogP contribution in [-0.4, -0.2) is 59.6 Å². The van der Waals surface area contributed by atoms with E-state index >= 15 is 4.39 Å². The lowest BCUT2D eigenvalue weighted by atomic mass is 9.95. The summed E-state index contributed by atoms with van der Waals surface area (Å²) >= 11 is 0. The summed E-state index contributed by atoms with van der Waals surface area (Å²) in [5, 5.41) is 1.10. The Morgan fingerprint density at radius 3 is 2.51 bits per heavy atom. The maximum Gasteiger partial charge on any atom is 0.297 e. The van der Waals surface area contributed by atoms with Crippen LogP contribution in [0.4, 0.5) is 13.2 Å². The molecule has 0 spiro atoms. The van der Waals surface area contributed by atoms with Crippen molar-refractivity contribution in [1.82, 2.24) is 19.9 Å². The number of rotatable bonds is 9.